The van der Waals surface area contributed by atoms with Crippen molar-refractivity contribution in [3.63, 3.8) is 0 Å². The van der Waals surface area contributed by atoms with E-state index in [1.165, 1.54) is 43.8 Å². The summed E-state index contributed by atoms with van der Waals surface area (Å²) in [4.78, 5) is 8.45. The fraction of sp³-hybridized carbons (Fsp3) is 0.0405. The molecule has 6 nitrogen and oxygen atoms in total. The zero-order valence-electron chi connectivity index (χ0n) is 44.0. The molecule has 1 aliphatic carbocycles. The molecule has 80 heavy (non-hydrogen) atoms. The molecule has 5 aromatic heterocycles. The average Bonchev–Trinajstić information content (AvgIpc) is 4.47. The molecule has 376 valence electrons. The van der Waals surface area contributed by atoms with Gasteiger partial charge in [-0.15, -0.1) is 0 Å². The van der Waals surface area contributed by atoms with E-state index in [0.29, 0.717) is 0 Å². The molecule has 0 atom stereocenters. The van der Waals surface area contributed by atoms with Crippen LogP contribution in [0.3, 0.4) is 0 Å². The normalized spacial score (nSPS) is 13.0. The SMILES string of the molecule is CC1(C)c2ccccc2-c2cc3c4ccccc4n(-c4ccc(-n5c6ccccc6c6cc(-c7ccc8oc9ccccc9c8c7)ccc65)c(N(c5ccccc5)c5ccc6c7ccccc7n(-c7ccccc7)c6c5)n4)c3cc21. The third kappa shape index (κ3) is 6.38. The lowest BCUT2D eigenvalue weighted by Gasteiger charge is -2.28. The molecule has 0 spiro atoms. The topological polar surface area (TPSA) is 44.1 Å². The summed E-state index contributed by atoms with van der Waals surface area (Å²) >= 11 is 0. The lowest BCUT2D eigenvalue weighted by molar-refractivity contribution is 0.661. The Balaban J connectivity index is 0.948. The Bertz CT molecular complexity index is 5230. The van der Waals surface area contributed by atoms with Gasteiger partial charge in [-0.05, 0) is 143 Å². The van der Waals surface area contributed by atoms with E-state index in [1.54, 1.807) is 0 Å². The zero-order chi connectivity index (χ0) is 52.8. The summed E-state index contributed by atoms with van der Waals surface area (Å²) in [5.41, 5.74) is 19.9. The van der Waals surface area contributed by atoms with E-state index in [-0.39, 0.29) is 5.41 Å². The van der Waals surface area contributed by atoms with Gasteiger partial charge >= 0.3 is 0 Å². The minimum Gasteiger partial charge on any atom is -0.456 e. The Hall–Kier alpha value is -10.4. The van der Waals surface area contributed by atoms with E-state index in [1.807, 2.05) is 12.1 Å². The van der Waals surface area contributed by atoms with E-state index in [4.69, 9.17) is 9.40 Å². The third-order valence-corrected chi connectivity index (χ3v) is 17.2. The van der Waals surface area contributed by atoms with Gasteiger partial charge in [0.25, 0.3) is 0 Å². The van der Waals surface area contributed by atoms with Crippen molar-refractivity contribution in [3.05, 3.63) is 272 Å². The molecule has 0 aliphatic heterocycles. The minimum atomic E-state index is -0.189. The second-order valence-corrected chi connectivity index (χ2v) is 21.9. The zero-order valence-corrected chi connectivity index (χ0v) is 44.0. The Morgan fingerprint density at radius 2 is 0.912 bits per heavy atom. The first-order valence-corrected chi connectivity index (χ1v) is 27.5. The Morgan fingerprint density at radius 3 is 1.69 bits per heavy atom. The molecular formula is C74H49N5O. The van der Waals surface area contributed by atoms with Crippen LogP contribution in [0.4, 0.5) is 17.2 Å². The van der Waals surface area contributed by atoms with Crippen molar-refractivity contribution in [2.45, 2.75) is 19.3 Å². The Kier molecular flexibility index (Phi) is 9.37. The molecule has 0 fully saturated rings. The number of fused-ring (bicyclic) bond motifs is 15. The van der Waals surface area contributed by atoms with E-state index in [2.05, 4.69) is 281 Å². The van der Waals surface area contributed by atoms with Crippen molar-refractivity contribution in [2.24, 2.45) is 0 Å². The maximum Gasteiger partial charge on any atom is 0.164 e. The van der Waals surface area contributed by atoms with Crippen molar-refractivity contribution in [2.75, 3.05) is 4.90 Å². The number of benzene rings is 11. The van der Waals surface area contributed by atoms with Crippen molar-refractivity contribution >= 4 is 105 Å². The van der Waals surface area contributed by atoms with Crippen molar-refractivity contribution in [1.29, 1.82) is 0 Å². The smallest absolute Gasteiger partial charge is 0.164 e. The predicted octanol–water partition coefficient (Wildman–Crippen LogP) is 19.7. The summed E-state index contributed by atoms with van der Waals surface area (Å²) in [6.07, 6.45) is 0. The molecule has 11 aromatic carbocycles. The van der Waals surface area contributed by atoms with Gasteiger partial charge in [0.2, 0.25) is 0 Å². The summed E-state index contributed by atoms with van der Waals surface area (Å²) in [5.74, 6) is 1.62. The van der Waals surface area contributed by atoms with Crippen LogP contribution in [-0.2, 0) is 5.41 Å². The number of pyridine rings is 1. The number of aromatic nitrogens is 4. The molecule has 0 saturated carbocycles. The maximum absolute atomic E-state index is 6.27. The van der Waals surface area contributed by atoms with Crippen LogP contribution in [0.1, 0.15) is 25.0 Å². The number of hydrogen-bond acceptors (Lipinski definition) is 3. The molecule has 0 unspecified atom stereocenters. The van der Waals surface area contributed by atoms with E-state index in [0.717, 1.165) is 111 Å². The molecule has 5 heterocycles. The van der Waals surface area contributed by atoms with Crippen LogP contribution in [0, 0.1) is 0 Å². The molecular weight excluding hydrogens is 975 g/mol. The predicted molar refractivity (Wildman–Crippen MR) is 332 cm³/mol. The van der Waals surface area contributed by atoms with Gasteiger partial charge in [-0.2, -0.15) is 0 Å². The van der Waals surface area contributed by atoms with Crippen molar-refractivity contribution < 1.29 is 4.42 Å². The Labute approximate surface area is 460 Å². The largest absolute Gasteiger partial charge is 0.456 e. The first-order chi connectivity index (χ1) is 39.4. The summed E-state index contributed by atoms with van der Waals surface area (Å²) in [6.45, 7) is 4.73. The minimum absolute atomic E-state index is 0.189. The van der Waals surface area contributed by atoms with E-state index in [9.17, 15) is 0 Å². The van der Waals surface area contributed by atoms with Gasteiger partial charge in [0.15, 0.2) is 5.82 Å². The number of rotatable bonds is 7. The molecule has 17 rings (SSSR count). The maximum atomic E-state index is 6.27. The van der Waals surface area contributed by atoms with Crippen LogP contribution in [0.25, 0.3) is 127 Å². The van der Waals surface area contributed by atoms with Gasteiger partial charge in [0, 0.05) is 65.6 Å². The molecule has 1 aliphatic rings. The summed E-state index contributed by atoms with van der Waals surface area (Å²) in [7, 11) is 0. The highest BCUT2D eigenvalue weighted by atomic mass is 16.3. The lowest BCUT2D eigenvalue weighted by atomic mass is 9.82. The van der Waals surface area contributed by atoms with Crippen LogP contribution in [0.5, 0.6) is 0 Å². The van der Waals surface area contributed by atoms with Gasteiger partial charge in [-0.1, -0.05) is 166 Å². The van der Waals surface area contributed by atoms with Crippen LogP contribution >= 0.6 is 0 Å². The van der Waals surface area contributed by atoms with Gasteiger partial charge in [-0.3, -0.25) is 9.47 Å². The fourth-order valence-corrected chi connectivity index (χ4v) is 13.5. The molecule has 0 N–H and O–H groups in total. The number of furan rings is 1. The summed E-state index contributed by atoms with van der Waals surface area (Å²) in [6, 6.07) is 94.9. The monoisotopic (exact) mass is 1020 g/mol. The molecule has 6 heteroatoms. The second-order valence-electron chi connectivity index (χ2n) is 21.9. The average molecular weight is 1020 g/mol. The number of hydrogen-bond donors (Lipinski definition) is 0. The van der Waals surface area contributed by atoms with Crippen LogP contribution in [0.15, 0.2) is 265 Å². The van der Waals surface area contributed by atoms with Gasteiger partial charge < -0.3 is 13.6 Å². The fourth-order valence-electron chi connectivity index (χ4n) is 13.5. The van der Waals surface area contributed by atoms with Crippen LogP contribution in [-0.4, -0.2) is 18.7 Å². The Morgan fingerprint density at radius 1 is 0.350 bits per heavy atom. The van der Waals surface area contributed by atoms with E-state index >= 15 is 0 Å². The molecule has 16 aromatic rings. The first-order valence-electron chi connectivity index (χ1n) is 27.5. The summed E-state index contributed by atoms with van der Waals surface area (Å²) in [5, 5.41) is 9.34. The van der Waals surface area contributed by atoms with Crippen molar-refractivity contribution in [3.8, 4) is 39.4 Å². The molecule has 0 bridgehead atoms. The lowest BCUT2D eigenvalue weighted by Crippen LogP contribution is -2.16. The highest BCUT2D eigenvalue weighted by Crippen LogP contribution is 2.52. The van der Waals surface area contributed by atoms with Crippen LogP contribution in [0.2, 0.25) is 0 Å². The second kappa shape index (κ2) is 16.8. The molecule has 0 saturated heterocycles. The van der Waals surface area contributed by atoms with Crippen molar-refractivity contribution in [1.82, 2.24) is 18.7 Å². The number of anilines is 3. The van der Waals surface area contributed by atoms with E-state index < -0.39 is 0 Å². The quantitative estimate of drug-likeness (QED) is 0.160. The standard InChI is InChI=1S/C74H49N5O/c1-74(2)61-28-14-9-23-51(61)57-44-59-54-26-12-17-31-65(54)79(69(59)45-62(57)74)72-40-38-67(78-64-30-16-11-25-53(64)58-41-46(33-37-66(58)78)47-34-39-71-60(42-47)56-27-13-18-32-70(56)80-71)73(75-72)76(48-19-5-3-6-20-48)50-35-36-55-52-24-10-15-29-63(52)77(68(55)43-50)49-21-7-4-8-22-49/h3-45H,1-2H3. The number of para-hydroxylation sites is 6. The van der Waals surface area contributed by atoms with Crippen LogP contribution < -0.4 is 4.90 Å². The first kappa shape index (κ1) is 44.7. The van der Waals surface area contributed by atoms with Gasteiger partial charge in [0.05, 0.1) is 38.8 Å². The molecule has 0 amide bonds. The number of nitrogens with zero attached hydrogens (tertiary/aromatic N) is 5. The third-order valence-electron chi connectivity index (χ3n) is 17.2. The summed E-state index contributed by atoms with van der Waals surface area (Å²) < 4.78 is 13.5. The highest BCUT2D eigenvalue weighted by molar-refractivity contribution is 6.14. The highest BCUT2D eigenvalue weighted by Gasteiger charge is 2.36. The van der Waals surface area contributed by atoms with Gasteiger partial charge in [-0.25, -0.2) is 4.98 Å². The molecule has 0 radical (unpaired) electrons. The van der Waals surface area contributed by atoms with Gasteiger partial charge in [0.1, 0.15) is 17.0 Å².